The van der Waals surface area contributed by atoms with Gasteiger partial charge in [0.1, 0.15) is 6.61 Å². The van der Waals surface area contributed by atoms with Gasteiger partial charge in [-0.3, -0.25) is 0 Å². The van der Waals surface area contributed by atoms with Gasteiger partial charge >= 0.3 is 6.09 Å². The molecule has 1 aromatic rings. The molecule has 5 heteroatoms. The van der Waals surface area contributed by atoms with Crippen LogP contribution in [0.3, 0.4) is 0 Å². The second-order valence-electron chi connectivity index (χ2n) is 8.52. The van der Waals surface area contributed by atoms with Gasteiger partial charge < -0.3 is 20.5 Å². The number of hydrogen-bond acceptors (Lipinski definition) is 4. The SMILES string of the molecule is CCCCCCCCCCCCC(CNCCNC(=O)OCCO)Cc1ccccc1. The van der Waals surface area contributed by atoms with E-state index in [4.69, 9.17) is 9.84 Å². The van der Waals surface area contributed by atoms with Crippen molar-refractivity contribution < 1.29 is 14.6 Å². The molecule has 1 amide bonds. The number of alkyl carbamates (subject to hydrolysis) is 1. The van der Waals surface area contributed by atoms with Crippen molar-refractivity contribution >= 4 is 6.09 Å². The third kappa shape index (κ3) is 16.7. The van der Waals surface area contributed by atoms with Crippen LogP contribution in [0.1, 0.15) is 83.1 Å². The third-order valence-electron chi connectivity index (χ3n) is 5.66. The van der Waals surface area contributed by atoms with Gasteiger partial charge in [0.2, 0.25) is 0 Å². The topological polar surface area (TPSA) is 70.6 Å². The summed E-state index contributed by atoms with van der Waals surface area (Å²) in [6, 6.07) is 10.7. The van der Waals surface area contributed by atoms with Crippen LogP contribution < -0.4 is 10.6 Å². The highest BCUT2D eigenvalue weighted by Gasteiger charge is 2.10. The molecule has 0 aromatic heterocycles. The minimum atomic E-state index is -0.470. The van der Waals surface area contributed by atoms with Crippen molar-refractivity contribution in [3.63, 3.8) is 0 Å². The molecule has 0 saturated heterocycles. The smallest absolute Gasteiger partial charge is 0.407 e. The van der Waals surface area contributed by atoms with Crippen molar-refractivity contribution in [1.82, 2.24) is 10.6 Å². The van der Waals surface area contributed by atoms with Gasteiger partial charge in [-0.25, -0.2) is 4.79 Å². The van der Waals surface area contributed by atoms with E-state index in [0.717, 1.165) is 19.5 Å². The largest absolute Gasteiger partial charge is 0.447 e. The first-order valence-electron chi connectivity index (χ1n) is 12.5. The van der Waals surface area contributed by atoms with Crippen molar-refractivity contribution in [3.8, 4) is 0 Å². The standard InChI is InChI=1S/C26H46N2O3/c1-2-3-4-5-6-7-8-9-10-12-17-25(22-24-15-13-11-14-16-24)23-27-18-19-28-26(30)31-21-20-29/h11,13-16,25,27,29H,2-10,12,17-23H2,1H3,(H,28,30). The maximum atomic E-state index is 11.4. The molecule has 0 aliphatic carbocycles. The Morgan fingerprint density at radius 1 is 0.935 bits per heavy atom. The van der Waals surface area contributed by atoms with E-state index in [-0.39, 0.29) is 13.2 Å². The predicted octanol–water partition coefficient (Wildman–Crippen LogP) is 5.46. The van der Waals surface area contributed by atoms with Gasteiger partial charge in [-0.1, -0.05) is 101 Å². The molecule has 178 valence electrons. The van der Waals surface area contributed by atoms with Crippen LogP contribution in [0.4, 0.5) is 4.79 Å². The monoisotopic (exact) mass is 434 g/mol. The maximum Gasteiger partial charge on any atom is 0.407 e. The summed E-state index contributed by atoms with van der Waals surface area (Å²) in [4.78, 5) is 11.4. The van der Waals surface area contributed by atoms with Crippen LogP contribution in [-0.2, 0) is 11.2 Å². The van der Waals surface area contributed by atoms with Gasteiger partial charge in [-0.05, 0) is 30.9 Å². The Labute approximate surface area is 190 Å². The van der Waals surface area contributed by atoms with Gasteiger partial charge in [-0.2, -0.15) is 0 Å². The van der Waals surface area contributed by atoms with Crippen LogP contribution in [-0.4, -0.2) is 44.0 Å². The van der Waals surface area contributed by atoms with E-state index < -0.39 is 6.09 Å². The van der Waals surface area contributed by atoms with Gasteiger partial charge in [0.25, 0.3) is 0 Å². The highest BCUT2D eigenvalue weighted by atomic mass is 16.6. The van der Waals surface area contributed by atoms with Crippen LogP contribution in [0.25, 0.3) is 0 Å². The molecule has 0 aliphatic rings. The Hall–Kier alpha value is -1.59. The molecule has 1 unspecified atom stereocenters. The Morgan fingerprint density at radius 2 is 1.58 bits per heavy atom. The number of aliphatic hydroxyl groups excluding tert-OH is 1. The number of ether oxygens (including phenoxy) is 1. The Kier molecular flexibility index (Phi) is 18.0. The fourth-order valence-corrected chi connectivity index (χ4v) is 3.89. The first kappa shape index (κ1) is 27.4. The van der Waals surface area contributed by atoms with Crippen molar-refractivity contribution in [2.24, 2.45) is 5.92 Å². The van der Waals surface area contributed by atoms with Crippen LogP contribution in [0.2, 0.25) is 0 Å². The third-order valence-corrected chi connectivity index (χ3v) is 5.66. The first-order valence-corrected chi connectivity index (χ1v) is 12.5. The molecule has 5 nitrogen and oxygen atoms in total. The lowest BCUT2D eigenvalue weighted by Gasteiger charge is -2.18. The average Bonchev–Trinajstić information content (AvgIpc) is 2.79. The van der Waals surface area contributed by atoms with E-state index in [9.17, 15) is 4.79 Å². The molecular weight excluding hydrogens is 388 g/mol. The number of hydrogen-bond donors (Lipinski definition) is 3. The summed E-state index contributed by atoms with van der Waals surface area (Å²) < 4.78 is 4.79. The summed E-state index contributed by atoms with van der Waals surface area (Å²) in [6.07, 6.45) is 15.6. The number of amides is 1. The molecule has 0 fully saturated rings. The fourth-order valence-electron chi connectivity index (χ4n) is 3.89. The van der Waals surface area contributed by atoms with E-state index in [1.165, 1.54) is 76.2 Å². The summed E-state index contributed by atoms with van der Waals surface area (Å²) in [5.74, 6) is 0.609. The van der Waals surface area contributed by atoms with Crippen molar-refractivity contribution in [1.29, 1.82) is 0 Å². The van der Waals surface area contributed by atoms with E-state index in [1.54, 1.807) is 0 Å². The number of benzene rings is 1. The molecule has 0 bridgehead atoms. The maximum absolute atomic E-state index is 11.4. The molecule has 1 rings (SSSR count). The molecule has 0 heterocycles. The Morgan fingerprint density at radius 3 is 2.23 bits per heavy atom. The summed E-state index contributed by atoms with van der Waals surface area (Å²) in [7, 11) is 0. The number of aliphatic hydroxyl groups is 1. The zero-order valence-electron chi connectivity index (χ0n) is 19.7. The molecule has 1 atom stereocenters. The normalized spacial score (nSPS) is 11.9. The predicted molar refractivity (Wildman–Crippen MR) is 129 cm³/mol. The van der Waals surface area contributed by atoms with Gasteiger partial charge in [0.05, 0.1) is 6.61 Å². The number of rotatable bonds is 20. The number of unbranched alkanes of at least 4 members (excludes halogenated alkanes) is 9. The fraction of sp³-hybridized carbons (Fsp3) is 0.731. The molecular formula is C26H46N2O3. The summed E-state index contributed by atoms with van der Waals surface area (Å²) >= 11 is 0. The van der Waals surface area contributed by atoms with Crippen LogP contribution >= 0.6 is 0 Å². The summed E-state index contributed by atoms with van der Waals surface area (Å²) in [6.45, 7) is 4.37. The zero-order chi connectivity index (χ0) is 22.4. The van der Waals surface area contributed by atoms with Crippen LogP contribution in [0.5, 0.6) is 0 Å². The average molecular weight is 435 g/mol. The Balaban J connectivity index is 2.18. The second kappa shape index (κ2) is 20.3. The molecule has 0 spiro atoms. The molecule has 31 heavy (non-hydrogen) atoms. The number of carbonyl (C=O) groups excluding carboxylic acids is 1. The molecule has 3 N–H and O–H groups in total. The van der Waals surface area contributed by atoms with Gasteiger partial charge in [-0.15, -0.1) is 0 Å². The lowest BCUT2D eigenvalue weighted by molar-refractivity contribution is 0.119. The van der Waals surface area contributed by atoms with Crippen molar-refractivity contribution in [3.05, 3.63) is 35.9 Å². The van der Waals surface area contributed by atoms with Gasteiger partial charge in [0.15, 0.2) is 0 Å². The second-order valence-corrected chi connectivity index (χ2v) is 8.52. The van der Waals surface area contributed by atoms with E-state index in [1.807, 2.05) is 0 Å². The quantitative estimate of drug-likeness (QED) is 0.238. The number of nitrogens with one attached hydrogen (secondary N) is 2. The van der Waals surface area contributed by atoms with E-state index in [0.29, 0.717) is 12.5 Å². The van der Waals surface area contributed by atoms with E-state index in [2.05, 4.69) is 47.9 Å². The summed E-state index contributed by atoms with van der Waals surface area (Å²) in [5, 5.41) is 14.8. The van der Waals surface area contributed by atoms with E-state index >= 15 is 0 Å². The molecule has 0 aliphatic heterocycles. The van der Waals surface area contributed by atoms with Crippen molar-refractivity contribution in [2.45, 2.75) is 84.0 Å². The molecule has 0 saturated carbocycles. The lowest BCUT2D eigenvalue weighted by Crippen LogP contribution is -2.34. The minimum Gasteiger partial charge on any atom is -0.447 e. The zero-order valence-corrected chi connectivity index (χ0v) is 19.7. The first-order chi connectivity index (χ1) is 15.3. The number of carbonyl (C=O) groups is 1. The van der Waals surface area contributed by atoms with Crippen LogP contribution in [0, 0.1) is 5.92 Å². The lowest BCUT2D eigenvalue weighted by atomic mass is 9.93. The Bertz CT molecular complexity index is 525. The minimum absolute atomic E-state index is 0.0390. The van der Waals surface area contributed by atoms with Gasteiger partial charge in [0, 0.05) is 13.1 Å². The van der Waals surface area contributed by atoms with Crippen molar-refractivity contribution in [2.75, 3.05) is 32.8 Å². The highest BCUT2D eigenvalue weighted by molar-refractivity contribution is 5.67. The highest BCUT2D eigenvalue weighted by Crippen LogP contribution is 2.17. The molecule has 0 radical (unpaired) electrons. The molecule has 1 aromatic carbocycles. The van der Waals surface area contributed by atoms with Crippen LogP contribution in [0.15, 0.2) is 30.3 Å². The summed E-state index contributed by atoms with van der Waals surface area (Å²) in [5.41, 5.74) is 1.40.